The zero-order chi connectivity index (χ0) is 11.5. The summed E-state index contributed by atoms with van der Waals surface area (Å²) in [5.74, 6) is 0.208. The average Bonchev–Trinajstić information content (AvgIpc) is 2.27. The number of nitrogens with two attached hydrogens (primary N) is 1. The molecule has 0 bridgehead atoms. The van der Waals surface area contributed by atoms with Crippen molar-refractivity contribution in [2.75, 3.05) is 0 Å². The van der Waals surface area contributed by atoms with Crippen molar-refractivity contribution in [2.24, 2.45) is 5.73 Å². The first-order valence-electron chi connectivity index (χ1n) is 4.98. The first-order valence-corrected chi connectivity index (χ1v) is 5.36. The molecule has 0 aromatic heterocycles. The van der Waals surface area contributed by atoms with Gasteiger partial charge in [0.1, 0.15) is 5.75 Å². The van der Waals surface area contributed by atoms with Gasteiger partial charge in [0.05, 0.1) is 0 Å². The normalized spacial score (nSPS) is 17.6. The van der Waals surface area contributed by atoms with Gasteiger partial charge in [-0.2, -0.15) is 0 Å². The van der Waals surface area contributed by atoms with E-state index in [-0.39, 0.29) is 5.75 Å². The predicted molar refractivity (Wildman–Crippen MR) is 67.1 cm³/mol. The first-order chi connectivity index (χ1) is 7.66. The van der Waals surface area contributed by atoms with Crippen molar-refractivity contribution in [1.29, 1.82) is 0 Å². The third-order valence-corrected chi connectivity index (χ3v) is 2.67. The molecule has 2 rings (SSSR count). The second-order valence-corrected chi connectivity index (χ2v) is 4.06. The summed E-state index contributed by atoms with van der Waals surface area (Å²) in [6, 6.07) is 4.95. The highest BCUT2D eigenvalue weighted by atomic mass is 35.5. The predicted octanol–water partition coefficient (Wildman–Crippen LogP) is 3.23. The van der Waals surface area contributed by atoms with Crippen LogP contribution in [0.1, 0.15) is 12.0 Å². The van der Waals surface area contributed by atoms with Crippen LogP contribution >= 0.6 is 11.6 Å². The number of halogens is 1. The SMILES string of the molecule is NC1=CC=CCC1=Cc1cc(Cl)ccc1O. The minimum absolute atomic E-state index is 0.208. The maximum Gasteiger partial charge on any atom is 0.122 e. The molecule has 0 radical (unpaired) electrons. The molecule has 0 amide bonds. The summed E-state index contributed by atoms with van der Waals surface area (Å²) in [5, 5.41) is 10.3. The van der Waals surface area contributed by atoms with E-state index in [1.165, 1.54) is 0 Å². The summed E-state index contributed by atoms with van der Waals surface area (Å²) >= 11 is 5.87. The number of hydrogen-bond donors (Lipinski definition) is 2. The second kappa shape index (κ2) is 4.45. The van der Waals surface area contributed by atoms with E-state index in [9.17, 15) is 5.11 Å². The van der Waals surface area contributed by atoms with Gasteiger partial charge in [-0.15, -0.1) is 0 Å². The standard InChI is InChI=1S/C13H12ClNO/c14-11-5-6-13(16)10(8-11)7-9-3-1-2-4-12(9)15/h1-2,4-8,16H,3,15H2. The maximum atomic E-state index is 9.67. The monoisotopic (exact) mass is 233 g/mol. The highest BCUT2D eigenvalue weighted by molar-refractivity contribution is 6.30. The summed E-state index contributed by atoms with van der Waals surface area (Å²) < 4.78 is 0. The molecular formula is C13H12ClNO. The lowest BCUT2D eigenvalue weighted by atomic mass is 10.0. The van der Waals surface area contributed by atoms with Gasteiger partial charge in [0.15, 0.2) is 0 Å². The van der Waals surface area contributed by atoms with Crippen LogP contribution < -0.4 is 5.73 Å². The molecule has 2 nitrogen and oxygen atoms in total. The molecule has 0 spiro atoms. The Morgan fingerprint density at radius 3 is 2.94 bits per heavy atom. The zero-order valence-corrected chi connectivity index (χ0v) is 9.41. The van der Waals surface area contributed by atoms with Crippen LogP contribution in [0.5, 0.6) is 5.75 Å². The van der Waals surface area contributed by atoms with Crippen molar-refractivity contribution in [1.82, 2.24) is 0 Å². The van der Waals surface area contributed by atoms with Gasteiger partial charge in [0.25, 0.3) is 0 Å². The summed E-state index contributed by atoms with van der Waals surface area (Å²) in [6.07, 6.45) is 8.41. The summed E-state index contributed by atoms with van der Waals surface area (Å²) in [6.45, 7) is 0. The van der Waals surface area contributed by atoms with Crippen LogP contribution in [0.25, 0.3) is 6.08 Å². The third kappa shape index (κ3) is 2.28. The molecule has 0 saturated heterocycles. The fraction of sp³-hybridized carbons (Fsp3) is 0.0769. The van der Waals surface area contributed by atoms with Crippen molar-refractivity contribution < 1.29 is 5.11 Å². The molecule has 1 aromatic carbocycles. The van der Waals surface area contributed by atoms with E-state index in [0.29, 0.717) is 10.6 Å². The fourth-order valence-electron chi connectivity index (χ4n) is 1.56. The molecule has 3 heteroatoms. The van der Waals surface area contributed by atoms with Gasteiger partial charge >= 0.3 is 0 Å². The first kappa shape index (κ1) is 10.8. The van der Waals surface area contributed by atoms with Gasteiger partial charge in [-0.25, -0.2) is 0 Å². The average molecular weight is 234 g/mol. The Kier molecular flexibility index (Phi) is 3.02. The largest absolute Gasteiger partial charge is 0.507 e. The van der Waals surface area contributed by atoms with E-state index in [1.54, 1.807) is 18.2 Å². The Bertz CT molecular complexity index is 501. The van der Waals surface area contributed by atoms with Crippen LogP contribution in [0, 0.1) is 0 Å². The van der Waals surface area contributed by atoms with E-state index < -0.39 is 0 Å². The molecule has 0 aliphatic heterocycles. The van der Waals surface area contributed by atoms with Crippen LogP contribution in [0.4, 0.5) is 0 Å². The molecule has 0 atom stereocenters. The molecule has 1 aliphatic carbocycles. The minimum atomic E-state index is 0.208. The van der Waals surface area contributed by atoms with Crippen molar-refractivity contribution in [3.8, 4) is 5.75 Å². The number of aromatic hydroxyl groups is 1. The summed E-state index contributed by atoms with van der Waals surface area (Å²) in [7, 11) is 0. The zero-order valence-electron chi connectivity index (χ0n) is 8.65. The highest BCUT2D eigenvalue weighted by Crippen LogP contribution is 2.26. The van der Waals surface area contributed by atoms with Gasteiger partial charge in [-0.1, -0.05) is 23.8 Å². The lowest BCUT2D eigenvalue weighted by Crippen LogP contribution is -2.02. The van der Waals surface area contributed by atoms with Crippen LogP contribution in [0.15, 0.2) is 47.7 Å². The lowest BCUT2D eigenvalue weighted by Gasteiger charge is -2.09. The third-order valence-electron chi connectivity index (χ3n) is 2.44. The Balaban J connectivity index is 2.39. The fourth-order valence-corrected chi connectivity index (χ4v) is 1.74. The minimum Gasteiger partial charge on any atom is -0.507 e. The van der Waals surface area contributed by atoms with Gasteiger partial charge in [-0.3, -0.25) is 0 Å². The molecule has 1 aliphatic rings. The van der Waals surface area contributed by atoms with Crippen LogP contribution in [-0.4, -0.2) is 5.11 Å². The molecule has 0 fully saturated rings. The summed E-state index contributed by atoms with van der Waals surface area (Å²) in [5.41, 5.74) is 8.24. The van der Waals surface area contributed by atoms with Crippen molar-refractivity contribution >= 4 is 17.7 Å². The maximum absolute atomic E-state index is 9.67. The van der Waals surface area contributed by atoms with Crippen LogP contribution in [-0.2, 0) is 0 Å². The number of phenols is 1. The molecule has 0 heterocycles. The molecule has 1 aromatic rings. The van der Waals surface area contributed by atoms with Crippen molar-refractivity contribution in [2.45, 2.75) is 6.42 Å². The molecule has 3 N–H and O–H groups in total. The van der Waals surface area contributed by atoms with Crippen molar-refractivity contribution in [3.63, 3.8) is 0 Å². The number of phenolic OH excluding ortho intramolecular Hbond substituents is 1. The van der Waals surface area contributed by atoms with Crippen LogP contribution in [0.2, 0.25) is 5.02 Å². The van der Waals surface area contributed by atoms with E-state index in [0.717, 1.165) is 17.7 Å². The number of hydrogen-bond acceptors (Lipinski definition) is 2. The Hall–Kier alpha value is -1.67. The van der Waals surface area contributed by atoms with Crippen molar-refractivity contribution in [3.05, 3.63) is 58.3 Å². The molecular weight excluding hydrogens is 222 g/mol. The quantitative estimate of drug-likeness (QED) is 0.782. The lowest BCUT2D eigenvalue weighted by molar-refractivity contribution is 0.474. The molecule has 0 saturated carbocycles. The number of rotatable bonds is 1. The number of benzene rings is 1. The Labute approximate surface area is 99.3 Å². The highest BCUT2D eigenvalue weighted by Gasteiger charge is 2.05. The van der Waals surface area contributed by atoms with Gasteiger partial charge < -0.3 is 10.8 Å². The van der Waals surface area contributed by atoms with E-state index in [2.05, 4.69) is 0 Å². The Morgan fingerprint density at radius 1 is 1.38 bits per heavy atom. The van der Waals surface area contributed by atoms with E-state index in [4.69, 9.17) is 17.3 Å². The van der Waals surface area contributed by atoms with Gasteiger partial charge in [0.2, 0.25) is 0 Å². The molecule has 0 unspecified atom stereocenters. The van der Waals surface area contributed by atoms with E-state index >= 15 is 0 Å². The summed E-state index contributed by atoms with van der Waals surface area (Å²) in [4.78, 5) is 0. The Morgan fingerprint density at radius 2 is 2.19 bits per heavy atom. The van der Waals surface area contributed by atoms with Gasteiger partial charge in [0, 0.05) is 16.3 Å². The van der Waals surface area contributed by atoms with E-state index in [1.807, 2.05) is 24.3 Å². The number of allylic oxidation sites excluding steroid dienone is 4. The topological polar surface area (TPSA) is 46.2 Å². The van der Waals surface area contributed by atoms with Gasteiger partial charge in [-0.05, 0) is 42.3 Å². The molecule has 16 heavy (non-hydrogen) atoms. The van der Waals surface area contributed by atoms with Crippen LogP contribution in [0.3, 0.4) is 0 Å². The smallest absolute Gasteiger partial charge is 0.122 e. The second-order valence-electron chi connectivity index (χ2n) is 3.63. The molecule has 82 valence electrons.